The number of nitrogens with zero attached hydrogens (tertiary/aromatic N) is 4. The average molecular weight is 342 g/mol. The first kappa shape index (κ1) is 20.2. The molecule has 0 aliphatic heterocycles. The number of carbonyl (C=O) groups excluding carboxylic acids is 4. The van der Waals surface area contributed by atoms with Gasteiger partial charge < -0.3 is 0 Å². The highest BCUT2D eigenvalue weighted by atomic mass is 33.1. The van der Waals surface area contributed by atoms with Gasteiger partial charge in [-0.25, -0.2) is 39.1 Å². The second kappa shape index (κ2) is 15.6. The van der Waals surface area contributed by atoms with Gasteiger partial charge in [0, 0.05) is 11.5 Å². The molecule has 0 bridgehead atoms. The van der Waals surface area contributed by atoms with Crippen molar-refractivity contribution in [1.82, 2.24) is 0 Å². The molecule has 0 rings (SSSR count). The molecular formula is C12H14N4O4S2. The van der Waals surface area contributed by atoms with E-state index >= 15 is 0 Å². The van der Waals surface area contributed by atoms with Crippen molar-refractivity contribution in [3.63, 3.8) is 0 Å². The summed E-state index contributed by atoms with van der Waals surface area (Å²) in [7, 11) is 2.92. The van der Waals surface area contributed by atoms with Gasteiger partial charge in [-0.2, -0.15) is 0 Å². The van der Waals surface area contributed by atoms with Gasteiger partial charge in [0.05, 0.1) is 25.2 Å². The molecule has 2 atom stereocenters. The van der Waals surface area contributed by atoms with Crippen molar-refractivity contribution in [2.24, 2.45) is 20.0 Å². The van der Waals surface area contributed by atoms with E-state index in [1.807, 2.05) is 0 Å². The molecule has 2 unspecified atom stereocenters. The number of isocyanates is 4. The van der Waals surface area contributed by atoms with E-state index in [0.717, 1.165) is 0 Å². The highest BCUT2D eigenvalue weighted by Gasteiger charge is 2.10. The molecule has 0 amide bonds. The van der Waals surface area contributed by atoms with Crippen LogP contribution in [0.25, 0.3) is 0 Å². The van der Waals surface area contributed by atoms with Crippen LogP contribution in [-0.4, -0.2) is 61.0 Å². The molecule has 0 aromatic rings. The van der Waals surface area contributed by atoms with Crippen LogP contribution in [0.1, 0.15) is 12.8 Å². The SMILES string of the molecule is O=C=NCCC(CSSCC(CCN=C=O)N=C=O)N=C=O. The highest BCUT2D eigenvalue weighted by Crippen LogP contribution is 2.25. The number of hydrogen-bond donors (Lipinski definition) is 0. The smallest absolute Gasteiger partial charge is 0.211 e. The predicted octanol–water partition coefficient (Wildman–Crippen LogP) is 1.23. The van der Waals surface area contributed by atoms with Crippen LogP contribution >= 0.6 is 21.6 Å². The molecule has 0 aromatic heterocycles. The summed E-state index contributed by atoms with van der Waals surface area (Å²) in [6, 6.07) is -0.556. The molecule has 10 heteroatoms. The van der Waals surface area contributed by atoms with Crippen LogP contribution in [0, 0.1) is 0 Å². The third kappa shape index (κ3) is 12.0. The van der Waals surface area contributed by atoms with Crippen LogP contribution < -0.4 is 0 Å². The van der Waals surface area contributed by atoms with Crippen LogP contribution in [0.3, 0.4) is 0 Å². The molecule has 0 saturated carbocycles. The van der Waals surface area contributed by atoms with Gasteiger partial charge in [-0.3, -0.25) is 0 Å². The van der Waals surface area contributed by atoms with Crippen molar-refractivity contribution in [2.45, 2.75) is 24.9 Å². The Morgan fingerprint density at radius 1 is 0.682 bits per heavy atom. The summed E-state index contributed by atoms with van der Waals surface area (Å²) in [6.07, 6.45) is 6.75. The zero-order valence-electron chi connectivity index (χ0n) is 11.6. The van der Waals surface area contributed by atoms with Crippen molar-refractivity contribution < 1.29 is 19.2 Å². The lowest BCUT2D eigenvalue weighted by molar-refractivity contribution is 0.553. The van der Waals surface area contributed by atoms with Gasteiger partial charge in [0.2, 0.25) is 24.3 Å². The van der Waals surface area contributed by atoms with Crippen molar-refractivity contribution in [3.05, 3.63) is 0 Å². The molecule has 0 aromatic carbocycles. The Bertz CT molecular complexity index is 459. The summed E-state index contributed by atoms with van der Waals surface area (Å²) >= 11 is 0. The van der Waals surface area contributed by atoms with Gasteiger partial charge in [-0.15, -0.1) is 0 Å². The van der Waals surface area contributed by atoms with E-state index in [1.165, 1.54) is 45.9 Å². The summed E-state index contributed by atoms with van der Waals surface area (Å²) in [6.45, 7) is 0.513. The Hall–Kier alpha value is -1.78. The van der Waals surface area contributed by atoms with Gasteiger partial charge in [-0.05, 0) is 12.8 Å². The van der Waals surface area contributed by atoms with E-state index in [9.17, 15) is 19.2 Å². The normalized spacial score (nSPS) is 11.8. The van der Waals surface area contributed by atoms with Gasteiger partial charge in [0.1, 0.15) is 0 Å². The fourth-order valence-corrected chi connectivity index (χ4v) is 3.80. The first-order valence-electron chi connectivity index (χ1n) is 6.24. The molecule has 0 N–H and O–H groups in total. The lowest BCUT2D eigenvalue weighted by Gasteiger charge is -2.10. The lowest BCUT2D eigenvalue weighted by atomic mass is 10.2. The molecule has 0 aliphatic rings. The Kier molecular flexibility index (Phi) is 14.3. The minimum absolute atomic E-state index is 0.256. The fraction of sp³-hybridized carbons (Fsp3) is 0.667. The topological polar surface area (TPSA) is 118 Å². The number of aliphatic imine (C=N–C) groups is 4. The van der Waals surface area contributed by atoms with E-state index in [1.54, 1.807) is 0 Å². The molecular weight excluding hydrogens is 328 g/mol. The second-order valence-electron chi connectivity index (χ2n) is 3.84. The third-order valence-corrected chi connectivity index (χ3v) is 4.88. The van der Waals surface area contributed by atoms with Crippen LogP contribution in [0.2, 0.25) is 0 Å². The molecule has 8 nitrogen and oxygen atoms in total. The minimum atomic E-state index is -0.278. The maximum absolute atomic E-state index is 10.3. The fourth-order valence-electron chi connectivity index (χ4n) is 1.29. The molecule has 0 heterocycles. The minimum Gasteiger partial charge on any atom is -0.211 e. The predicted molar refractivity (Wildman–Crippen MR) is 83.9 cm³/mol. The molecule has 0 aliphatic carbocycles. The van der Waals surface area contributed by atoms with E-state index in [0.29, 0.717) is 24.3 Å². The summed E-state index contributed by atoms with van der Waals surface area (Å²) in [5.74, 6) is 1.08. The Balaban J connectivity index is 4.10. The van der Waals surface area contributed by atoms with Crippen LogP contribution in [0.4, 0.5) is 0 Å². The van der Waals surface area contributed by atoms with Crippen LogP contribution in [0.5, 0.6) is 0 Å². The van der Waals surface area contributed by atoms with Gasteiger partial charge in [-0.1, -0.05) is 21.6 Å². The molecule has 0 fully saturated rings. The van der Waals surface area contributed by atoms with Gasteiger partial charge >= 0.3 is 0 Å². The van der Waals surface area contributed by atoms with Gasteiger partial charge in [0.25, 0.3) is 0 Å². The standard InChI is InChI=1S/C12H14N4O4S2/c17-7-13-3-1-11(15-9-19)5-21-22-6-12(16-10-20)2-4-14-8-18/h11-12H,1-6H2. The van der Waals surface area contributed by atoms with Crippen molar-refractivity contribution in [3.8, 4) is 0 Å². The molecule has 0 radical (unpaired) electrons. The average Bonchev–Trinajstić information content (AvgIpc) is 2.51. The largest absolute Gasteiger partial charge is 0.235 e. The quantitative estimate of drug-likeness (QED) is 0.215. The van der Waals surface area contributed by atoms with E-state index < -0.39 is 0 Å². The third-order valence-electron chi connectivity index (χ3n) is 2.35. The van der Waals surface area contributed by atoms with Crippen LogP contribution in [0.15, 0.2) is 20.0 Å². The Morgan fingerprint density at radius 2 is 1.09 bits per heavy atom. The molecule has 22 heavy (non-hydrogen) atoms. The summed E-state index contributed by atoms with van der Waals surface area (Å²) in [5, 5.41) is 0. The number of rotatable bonds is 13. The highest BCUT2D eigenvalue weighted by molar-refractivity contribution is 8.76. The number of hydrogen-bond acceptors (Lipinski definition) is 10. The Morgan fingerprint density at radius 3 is 1.41 bits per heavy atom. The summed E-state index contributed by atoms with van der Waals surface area (Å²) < 4.78 is 0. The van der Waals surface area contributed by atoms with Crippen molar-refractivity contribution in [2.75, 3.05) is 24.6 Å². The monoisotopic (exact) mass is 342 g/mol. The first-order chi connectivity index (χ1) is 10.8. The maximum atomic E-state index is 10.3. The van der Waals surface area contributed by atoms with E-state index in [-0.39, 0.29) is 25.2 Å². The summed E-state index contributed by atoms with van der Waals surface area (Å²) in [4.78, 5) is 54.6. The van der Waals surface area contributed by atoms with Crippen molar-refractivity contribution in [1.29, 1.82) is 0 Å². The second-order valence-corrected chi connectivity index (χ2v) is 6.39. The first-order valence-corrected chi connectivity index (χ1v) is 8.72. The zero-order chi connectivity index (χ0) is 16.5. The maximum Gasteiger partial charge on any atom is 0.235 e. The van der Waals surface area contributed by atoms with E-state index in [4.69, 9.17) is 0 Å². The van der Waals surface area contributed by atoms with Crippen LogP contribution in [-0.2, 0) is 19.2 Å². The van der Waals surface area contributed by atoms with E-state index in [2.05, 4.69) is 20.0 Å². The Labute approximate surface area is 135 Å². The molecule has 118 valence electrons. The molecule has 0 saturated heterocycles. The molecule has 0 spiro atoms. The van der Waals surface area contributed by atoms with Gasteiger partial charge in [0.15, 0.2) is 0 Å². The van der Waals surface area contributed by atoms with Crippen molar-refractivity contribution >= 4 is 45.9 Å². The zero-order valence-corrected chi connectivity index (χ0v) is 13.3. The lowest BCUT2D eigenvalue weighted by Crippen LogP contribution is -2.11. The summed E-state index contributed by atoms with van der Waals surface area (Å²) in [5.41, 5.74) is 0.